The molecule has 0 spiro atoms. The fraction of sp³-hybridized carbons (Fsp3) is 0.846. The van der Waals surface area contributed by atoms with Crippen LogP contribution in [-0.4, -0.2) is 126 Å². The summed E-state index contributed by atoms with van der Waals surface area (Å²) in [5, 5.41) is 6.08. The van der Waals surface area contributed by atoms with Crippen molar-refractivity contribution in [2.24, 2.45) is 21.7 Å². The first-order valence-corrected chi connectivity index (χ1v) is 35.7. The zero-order valence-electron chi connectivity index (χ0n) is 46.9. The molecular formula is C52H96N2O15Si3. The lowest BCUT2D eigenvalue weighted by Crippen LogP contribution is -2.52. The van der Waals surface area contributed by atoms with Crippen LogP contribution >= 0.6 is 0 Å². The molecule has 2 N–H and O–H groups in total. The summed E-state index contributed by atoms with van der Waals surface area (Å²) in [4.78, 5) is 74.9. The van der Waals surface area contributed by atoms with Crippen LogP contribution in [0.5, 0.6) is 0 Å². The number of esters is 4. The van der Waals surface area contributed by atoms with E-state index in [-0.39, 0.29) is 85.0 Å². The van der Waals surface area contributed by atoms with Crippen molar-refractivity contribution in [2.45, 2.75) is 215 Å². The lowest BCUT2D eigenvalue weighted by Gasteiger charge is -2.46. The molecule has 0 bridgehead atoms. The van der Waals surface area contributed by atoms with Crippen LogP contribution in [0.25, 0.3) is 0 Å². The third kappa shape index (κ3) is 29.5. The summed E-state index contributed by atoms with van der Waals surface area (Å²) in [6, 6.07) is 0.364. The van der Waals surface area contributed by atoms with E-state index >= 15 is 0 Å². The highest BCUT2D eigenvalue weighted by Crippen LogP contribution is 2.50. The second-order valence-electron chi connectivity index (χ2n) is 24.7. The molecule has 2 saturated carbocycles. The molecule has 0 heterocycles. The van der Waals surface area contributed by atoms with Gasteiger partial charge in [-0.3, -0.25) is 14.4 Å². The quantitative estimate of drug-likeness (QED) is 0.0211. The van der Waals surface area contributed by atoms with Gasteiger partial charge in [-0.25, -0.2) is 14.4 Å². The number of nitrogens with one attached hydrogen (secondary N) is 2. The number of hydrogen-bond donors (Lipinski definition) is 2. The van der Waals surface area contributed by atoms with Gasteiger partial charge >= 0.3 is 44.6 Å². The van der Waals surface area contributed by atoms with Crippen LogP contribution in [0.15, 0.2) is 12.7 Å². The molecular weight excluding hydrogens is 977 g/mol. The standard InChI is InChI=1S/C52H96N2O15Si3/c1-16-44(56)63-29-20-30-65-47(59)53-41-32-49(3,4)39-52(8,34-41)25-23-46(58)67-43(36-61-26-21-31-72(15,68-70(9,10)11)69-71(12,13)14)37-66-48(60)54-42-33-50(5,6)38-51(7,35-42)24-22-45(57)64-28-19-17-18-27-62-40(2)55/h16,41-43H,1,17-39H2,2-15H3,(H,53,59)(H,54,60). The van der Waals surface area contributed by atoms with Gasteiger partial charge in [-0.2, -0.15) is 0 Å². The van der Waals surface area contributed by atoms with Gasteiger partial charge in [0.05, 0.1) is 33.0 Å². The number of carbonyl (C=O) groups is 6. The summed E-state index contributed by atoms with van der Waals surface area (Å²) in [5.41, 5.74) is -0.780. The fourth-order valence-electron chi connectivity index (χ4n) is 11.0. The van der Waals surface area contributed by atoms with Crippen molar-refractivity contribution >= 4 is 61.3 Å². The van der Waals surface area contributed by atoms with Crippen molar-refractivity contribution in [1.82, 2.24) is 10.6 Å². The minimum atomic E-state index is -2.50. The Morgan fingerprint density at radius 2 is 1.07 bits per heavy atom. The van der Waals surface area contributed by atoms with E-state index in [0.717, 1.165) is 50.6 Å². The predicted octanol–water partition coefficient (Wildman–Crippen LogP) is 10.7. The van der Waals surface area contributed by atoms with Crippen molar-refractivity contribution in [3.8, 4) is 0 Å². The summed E-state index contributed by atoms with van der Waals surface area (Å²) in [6.07, 6.45) is 8.28. The molecule has 0 aromatic carbocycles. The van der Waals surface area contributed by atoms with Gasteiger partial charge in [-0.15, -0.1) is 0 Å². The average molecular weight is 1070 g/mol. The SMILES string of the molecule is C=CC(=O)OCCCOC(=O)NC1CC(C)(C)CC(C)(CCC(=O)OC(COCCC[Si](C)(O[Si](C)(C)C)O[Si](C)(C)C)COC(=O)NC2CC(C)(C)CC(C)(CCC(=O)OCCCCCOC(C)=O)C2)C1. The van der Waals surface area contributed by atoms with Gasteiger partial charge in [0.1, 0.15) is 6.61 Å². The van der Waals surface area contributed by atoms with E-state index in [1.165, 1.54) is 6.92 Å². The maximum Gasteiger partial charge on any atom is 0.407 e. The first kappa shape index (κ1) is 64.8. The van der Waals surface area contributed by atoms with E-state index in [9.17, 15) is 28.8 Å². The molecule has 0 radical (unpaired) electrons. The smallest absolute Gasteiger partial charge is 0.407 e. The highest BCUT2D eigenvalue weighted by Gasteiger charge is 2.44. The van der Waals surface area contributed by atoms with Crippen molar-refractivity contribution in [2.75, 3.05) is 46.2 Å². The molecule has 17 nitrogen and oxygen atoms in total. The third-order valence-electron chi connectivity index (χ3n) is 12.7. The Kier molecular flexibility index (Phi) is 26.7. The first-order chi connectivity index (χ1) is 33.2. The summed E-state index contributed by atoms with van der Waals surface area (Å²) in [5.74, 6) is -1.52. The van der Waals surface area contributed by atoms with E-state index in [1.807, 2.05) is 0 Å². The second-order valence-corrected chi connectivity index (χ2v) is 37.6. The number of unbranched alkanes of at least 4 members (excludes halogenated alkanes) is 2. The summed E-state index contributed by atoms with van der Waals surface area (Å²) in [6.45, 7) is 33.9. The van der Waals surface area contributed by atoms with Crippen molar-refractivity contribution < 1.29 is 70.2 Å². The van der Waals surface area contributed by atoms with Crippen LogP contribution in [0, 0.1) is 21.7 Å². The monoisotopic (exact) mass is 1070 g/mol. The van der Waals surface area contributed by atoms with Gasteiger partial charge in [0.25, 0.3) is 0 Å². The van der Waals surface area contributed by atoms with E-state index in [4.69, 9.17) is 41.4 Å². The van der Waals surface area contributed by atoms with Gasteiger partial charge < -0.3 is 52.0 Å². The van der Waals surface area contributed by atoms with Crippen molar-refractivity contribution in [1.29, 1.82) is 0 Å². The van der Waals surface area contributed by atoms with Crippen LogP contribution < -0.4 is 10.6 Å². The molecule has 0 saturated heterocycles. The topological polar surface area (TPSA) is 210 Å². The molecule has 2 rings (SSSR count). The van der Waals surface area contributed by atoms with E-state index in [1.54, 1.807) is 0 Å². The van der Waals surface area contributed by atoms with Gasteiger partial charge in [0.2, 0.25) is 0 Å². The number of alkyl carbamates (subject to hydrolysis) is 2. The highest BCUT2D eigenvalue weighted by molar-refractivity contribution is 6.87. The Morgan fingerprint density at radius 1 is 0.583 bits per heavy atom. The fourth-order valence-corrected chi connectivity index (χ4v) is 23.6. The predicted molar refractivity (Wildman–Crippen MR) is 284 cm³/mol. The largest absolute Gasteiger partial charge is 0.466 e. The molecule has 0 aromatic heterocycles. The molecule has 0 aromatic rings. The molecule has 5 unspecified atom stereocenters. The number of amides is 2. The molecule has 2 aliphatic carbocycles. The molecule has 2 aliphatic rings. The number of hydrogen-bond acceptors (Lipinski definition) is 15. The molecule has 20 heteroatoms. The lowest BCUT2D eigenvalue weighted by atomic mass is 9.61. The van der Waals surface area contributed by atoms with Crippen LogP contribution in [0.2, 0.25) is 51.9 Å². The molecule has 0 aliphatic heterocycles. The third-order valence-corrected chi connectivity index (χ3v) is 22.3. The Labute approximate surface area is 435 Å². The Balaban J connectivity index is 2.07. The Bertz CT molecular complexity index is 1740. The van der Waals surface area contributed by atoms with Crippen molar-refractivity contribution in [3.63, 3.8) is 0 Å². The Hall–Kier alpha value is -3.31. The lowest BCUT2D eigenvalue weighted by molar-refractivity contribution is -0.156. The van der Waals surface area contributed by atoms with Gasteiger partial charge in [0, 0.05) is 51.0 Å². The summed E-state index contributed by atoms with van der Waals surface area (Å²) >= 11 is 0. The first-order valence-electron chi connectivity index (χ1n) is 26.3. The molecule has 5 atom stereocenters. The summed E-state index contributed by atoms with van der Waals surface area (Å²) < 4.78 is 52.1. The molecule has 2 fully saturated rings. The minimum Gasteiger partial charge on any atom is -0.466 e. The molecule has 2 amide bonds. The second kappa shape index (κ2) is 29.7. The molecule has 416 valence electrons. The van der Waals surface area contributed by atoms with Crippen LogP contribution in [-0.2, 0) is 60.6 Å². The minimum absolute atomic E-state index is 0.0229. The van der Waals surface area contributed by atoms with Gasteiger partial charge in [0.15, 0.2) is 22.7 Å². The van der Waals surface area contributed by atoms with Crippen LogP contribution in [0.1, 0.15) is 145 Å². The number of carbonyl (C=O) groups excluding carboxylic acids is 6. The van der Waals surface area contributed by atoms with E-state index in [0.29, 0.717) is 64.8 Å². The van der Waals surface area contributed by atoms with Gasteiger partial charge in [-0.1, -0.05) is 48.1 Å². The number of rotatable bonds is 32. The average Bonchev–Trinajstić information content (AvgIpc) is 3.20. The maximum atomic E-state index is 13.7. The van der Waals surface area contributed by atoms with E-state index in [2.05, 4.69) is 105 Å². The highest BCUT2D eigenvalue weighted by atomic mass is 28.5. The van der Waals surface area contributed by atoms with Crippen LogP contribution in [0.4, 0.5) is 9.59 Å². The van der Waals surface area contributed by atoms with Crippen molar-refractivity contribution in [3.05, 3.63) is 12.7 Å². The van der Waals surface area contributed by atoms with Crippen LogP contribution in [0.3, 0.4) is 0 Å². The van der Waals surface area contributed by atoms with Gasteiger partial charge in [-0.05, 0) is 151 Å². The normalized spacial score (nSPS) is 22.4. The zero-order valence-corrected chi connectivity index (χ0v) is 49.9. The van der Waals surface area contributed by atoms with E-state index < -0.39 is 55.4 Å². The number of ether oxygens (including phenoxy) is 7. The Morgan fingerprint density at radius 3 is 1.58 bits per heavy atom. The maximum absolute atomic E-state index is 13.7. The zero-order chi connectivity index (χ0) is 54.4. The molecule has 72 heavy (non-hydrogen) atoms. The summed E-state index contributed by atoms with van der Waals surface area (Å²) in [7, 11) is -6.28.